The van der Waals surface area contributed by atoms with E-state index in [9.17, 15) is 4.79 Å². The summed E-state index contributed by atoms with van der Waals surface area (Å²) in [5.41, 5.74) is 2.29. The van der Waals surface area contributed by atoms with Gasteiger partial charge in [0.05, 0.1) is 12.4 Å². The molecule has 2 aromatic rings. The summed E-state index contributed by atoms with van der Waals surface area (Å²) in [6, 6.07) is 18.1. The normalized spacial score (nSPS) is 21.2. The molecular weight excluding hydrogens is 294 g/mol. The Morgan fingerprint density at radius 2 is 1.77 bits per heavy atom. The van der Waals surface area contributed by atoms with Gasteiger partial charge >= 0.3 is 0 Å². The monoisotopic (exact) mass is 313 g/mol. The molecule has 2 atom stereocenters. The van der Waals surface area contributed by atoms with Crippen LogP contribution in [0.4, 0.5) is 0 Å². The summed E-state index contributed by atoms with van der Waals surface area (Å²) in [6.07, 6.45) is 0. The SMILES string of the molecule is COc1ccc([C@@H]2S[C@@H](C)C(=O)N2Cc2ccccc2)cc1. The van der Waals surface area contributed by atoms with E-state index in [4.69, 9.17) is 4.74 Å². The van der Waals surface area contributed by atoms with Crippen LogP contribution in [-0.2, 0) is 11.3 Å². The predicted octanol–water partition coefficient (Wildman–Crippen LogP) is 3.86. The highest BCUT2D eigenvalue weighted by Gasteiger charge is 2.38. The lowest BCUT2D eigenvalue weighted by Crippen LogP contribution is -2.29. The van der Waals surface area contributed by atoms with Gasteiger partial charge in [-0.15, -0.1) is 11.8 Å². The fourth-order valence-corrected chi connectivity index (χ4v) is 3.92. The third-order valence-electron chi connectivity index (χ3n) is 3.84. The Morgan fingerprint density at radius 3 is 2.41 bits per heavy atom. The van der Waals surface area contributed by atoms with Crippen molar-refractivity contribution in [3.05, 3.63) is 65.7 Å². The Balaban J connectivity index is 1.85. The maximum atomic E-state index is 12.5. The summed E-state index contributed by atoms with van der Waals surface area (Å²) in [5, 5.41) is 0.0597. The van der Waals surface area contributed by atoms with Crippen molar-refractivity contribution >= 4 is 17.7 Å². The summed E-state index contributed by atoms with van der Waals surface area (Å²) in [7, 11) is 1.66. The van der Waals surface area contributed by atoms with E-state index >= 15 is 0 Å². The minimum Gasteiger partial charge on any atom is -0.497 e. The van der Waals surface area contributed by atoms with Crippen LogP contribution in [0.15, 0.2) is 54.6 Å². The average Bonchev–Trinajstić information content (AvgIpc) is 2.84. The van der Waals surface area contributed by atoms with Crippen molar-refractivity contribution in [2.75, 3.05) is 7.11 Å². The Kier molecular flexibility index (Phi) is 4.39. The largest absolute Gasteiger partial charge is 0.497 e. The van der Waals surface area contributed by atoms with Crippen LogP contribution in [0, 0.1) is 0 Å². The Labute approximate surface area is 135 Å². The third-order valence-corrected chi connectivity index (χ3v) is 5.24. The first-order chi connectivity index (χ1) is 10.7. The number of carbonyl (C=O) groups excluding carboxylic acids is 1. The summed E-state index contributed by atoms with van der Waals surface area (Å²) in [5.74, 6) is 1.04. The highest BCUT2D eigenvalue weighted by atomic mass is 32.2. The van der Waals surface area contributed by atoms with Gasteiger partial charge in [0.25, 0.3) is 0 Å². The van der Waals surface area contributed by atoms with Gasteiger partial charge in [-0.3, -0.25) is 4.79 Å². The molecule has 0 aromatic heterocycles. The van der Waals surface area contributed by atoms with Gasteiger partial charge in [-0.2, -0.15) is 0 Å². The molecule has 0 bridgehead atoms. The molecule has 1 aliphatic heterocycles. The van der Waals surface area contributed by atoms with Gasteiger partial charge in [-0.25, -0.2) is 0 Å². The average molecular weight is 313 g/mol. The van der Waals surface area contributed by atoms with Crippen molar-refractivity contribution in [2.45, 2.75) is 24.1 Å². The zero-order chi connectivity index (χ0) is 15.5. The first-order valence-electron chi connectivity index (χ1n) is 7.33. The highest BCUT2D eigenvalue weighted by molar-refractivity contribution is 8.01. The Bertz CT molecular complexity index is 642. The number of methoxy groups -OCH3 is 1. The van der Waals surface area contributed by atoms with Crippen LogP contribution in [0.5, 0.6) is 5.75 Å². The van der Waals surface area contributed by atoms with E-state index in [1.54, 1.807) is 18.9 Å². The predicted molar refractivity (Wildman–Crippen MR) is 89.8 cm³/mol. The molecule has 0 saturated carbocycles. The second-order valence-electron chi connectivity index (χ2n) is 5.36. The second kappa shape index (κ2) is 6.44. The van der Waals surface area contributed by atoms with Crippen molar-refractivity contribution in [1.82, 2.24) is 4.90 Å². The zero-order valence-corrected chi connectivity index (χ0v) is 13.5. The van der Waals surface area contributed by atoms with Crippen molar-refractivity contribution in [3.8, 4) is 5.75 Å². The van der Waals surface area contributed by atoms with Gasteiger partial charge in [-0.05, 0) is 30.2 Å². The first-order valence-corrected chi connectivity index (χ1v) is 8.27. The van der Waals surface area contributed by atoms with E-state index in [1.807, 2.05) is 54.3 Å². The summed E-state index contributed by atoms with van der Waals surface area (Å²) in [6.45, 7) is 2.63. The molecule has 3 nitrogen and oxygen atoms in total. The molecule has 0 spiro atoms. The van der Waals surface area contributed by atoms with Gasteiger partial charge in [0.2, 0.25) is 5.91 Å². The maximum absolute atomic E-state index is 12.5. The fraction of sp³-hybridized carbons (Fsp3) is 0.278. The molecule has 4 heteroatoms. The highest BCUT2D eigenvalue weighted by Crippen LogP contribution is 2.43. The lowest BCUT2D eigenvalue weighted by Gasteiger charge is -2.24. The molecule has 0 aliphatic carbocycles. The van der Waals surface area contributed by atoms with E-state index in [-0.39, 0.29) is 16.5 Å². The van der Waals surface area contributed by atoms with Gasteiger partial charge in [0.15, 0.2) is 0 Å². The van der Waals surface area contributed by atoms with Crippen molar-refractivity contribution in [3.63, 3.8) is 0 Å². The van der Waals surface area contributed by atoms with Crippen LogP contribution in [0.25, 0.3) is 0 Å². The van der Waals surface area contributed by atoms with E-state index in [0.717, 1.165) is 16.9 Å². The van der Waals surface area contributed by atoms with Crippen LogP contribution >= 0.6 is 11.8 Å². The number of nitrogens with zero attached hydrogens (tertiary/aromatic N) is 1. The molecular formula is C18H19NO2S. The molecule has 1 heterocycles. The minimum atomic E-state index is -0.00388. The van der Waals surface area contributed by atoms with Crippen molar-refractivity contribution in [1.29, 1.82) is 0 Å². The van der Waals surface area contributed by atoms with Crippen LogP contribution in [0.2, 0.25) is 0 Å². The number of carbonyl (C=O) groups is 1. The quantitative estimate of drug-likeness (QED) is 0.858. The Hall–Kier alpha value is -1.94. The molecule has 0 unspecified atom stereocenters. The molecule has 3 rings (SSSR count). The third kappa shape index (κ3) is 2.97. The number of hydrogen-bond acceptors (Lipinski definition) is 3. The molecule has 0 N–H and O–H groups in total. The number of amides is 1. The van der Waals surface area contributed by atoms with Crippen molar-refractivity contribution < 1.29 is 9.53 Å². The van der Waals surface area contributed by atoms with Crippen molar-refractivity contribution in [2.24, 2.45) is 0 Å². The molecule has 114 valence electrons. The fourth-order valence-electron chi connectivity index (χ4n) is 2.64. The van der Waals surface area contributed by atoms with E-state index in [2.05, 4.69) is 12.1 Å². The van der Waals surface area contributed by atoms with Gasteiger partial charge < -0.3 is 9.64 Å². The van der Waals surface area contributed by atoms with Gasteiger partial charge in [0, 0.05) is 6.54 Å². The summed E-state index contributed by atoms with van der Waals surface area (Å²) in [4.78, 5) is 14.5. The topological polar surface area (TPSA) is 29.5 Å². The molecule has 1 fully saturated rings. The second-order valence-corrected chi connectivity index (χ2v) is 6.78. The molecule has 22 heavy (non-hydrogen) atoms. The molecule has 1 amide bonds. The lowest BCUT2D eigenvalue weighted by atomic mass is 10.1. The van der Waals surface area contributed by atoms with Crippen LogP contribution < -0.4 is 4.74 Å². The first kappa shape index (κ1) is 15.0. The van der Waals surface area contributed by atoms with E-state index in [0.29, 0.717) is 6.54 Å². The van der Waals surface area contributed by atoms with Gasteiger partial charge in [-0.1, -0.05) is 42.5 Å². The van der Waals surface area contributed by atoms with Gasteiger partial charge in [0.1, 0.15) is 11.1 Å². The number of ether oxygens (including phenoxy) is 1. The summed E-state index contributed by atoms with van der Waals surface area (Å²) < 4.78 is 5.21. The number of benzene rings is 2. The Morgan fingerprint density at radius 1 is 1.09 bits per heavy atom. The smallest absolute Gasteiger partial charge is 0.236 e. The zero-order valence-electron chi connectivity index (χ0n) is 12.7. The molecule has 1 saturated heterocycles. The lowest BCUT2D eigenvalue weighted by molar-refractivity contribution is -0.130. The molecule has 0 radical (unpaired) electrons. The number of rotatable bonds is 4. The maximum Gasteiger partial charge on any atom is 0.236 e. The molecule has 1 aliphatic rings. The number of thioether (sulfide) groups is 1. The standard InChI is InChI=1S/C18H19NO2S/c1-13-17(20)19(12-14-6-4-3-5-7-14)18(22-13)15-8-10-16(21-2)11-9-15/h3-11,13,18H,12H2,1-2H3/t13-,18-/m0/s1. The summed E-state index contributed by atoms with van der Waals surface area (Å²) >= 11 is 1.70. The van der Waals surface area contributed by atoms with Crippen LogP contribution in [0.1, 0.15) is 23.4 Å². The number of hydrogen-bond donors (Lipinski definition) is 0. The van der Waals surface area contributed by atoms with E-state index in [1.165, 1.54) is 0 Å². The van der Waals surface area contributed by atoms with E-state index < -0.39 is 0 Å². The van der Waals surface area contributed by atoms with Crippen LogP contribution in [0.3, 0.4) is 0 Å². The van der Waals surface area contributed by atoms with Crippen LogP contribution in [-0.4, -0.2) is 23.2 Å². The minimum absolute atomic E-state index is 0.00388. The molecule has 2 aromatic carbocycles.